The van der Waals surface area contributed by atoms with Crippen LogP contribution in [0.2, 0.25) is 5.02 Å². The predicted octanol–water partition coefficient (Wildman–Crippen LogP) is 4.44. The summed E-state index contributed by atoms with van der Waals surface area (Å²) in [4.78, 5) is 33.0. The Kier molecular flexibility index (Phi) is 5.85. The van der Waals surface area contributed by atoms with E-state index in [0.717, 1.165) is 13.0 Å². The van der Waals surface area contributed by atoms with Gasteiger partial charge in [-0.15, -0.1) is 0 Å². The van der Waals surface area contributed by atoms with E-state index in [-0.39, 0.29) is 16.7 Å². The monoisotopic (exact) mass is 400 g/mol. The summed E-state index contributed by atoms with van der Waals surface area (Å²) in [7, 11) is 0. The van der Waals surface area contributed by atoms with Gasteiger partial charge in [-0.2, -0.15) is 13.2 Å². The molecule has 2 aromatic rings. The maximum atomic E-state index is 13.5. The molecule has 0 aliphatic heterocycles. The second-order valence-corrected chi connectivity index (χ2v) is 5.87. The van der Waals surface area contributed by atoms with Gasteiger partial charge in [0.15, 0.2) is 0 Å². The van der Waals surface area contributed by atoms with Gasteiger partial charge >= 0.3 is 6.18 Å². The number of carbonyl (C=O) groups is 2. The molecule has 0 aliphatic rings. The summed E-state index contributed by atoms with van der Waals surface area (Å²) in [5, 5.41) is 11.9. The van der Waals surface area contributed by atoms with Gasteiger partial charge in [-0.3, -0.25) is 19.7 Å². The number of anilines is 1. The Morgan fingerprint density at radius 2 is 1.78 bits per heavy atom. The van der Waals surface area contributed by atoms with Gasteiger partial charge in [-0.25, -0.2) is 0 Å². The second-order valence-electron chi connectivity index (χ2n) is 5.49. The Bertz CT molecular complexity index is 929. The fraction of sp³-hybridized carbons (Fsp3) is 0.176. The van der Waals surface area contributed by atoms with E-state index in [0.29, 0.717) is 0 Å². The topological polar surface area (TPSA) is 89.3 Å². The third kappa shape index (κ3) is 4.62. The van der Waals surface area contributed by atoms with Crippen LogP contribution < -0.4 is 5.32 Å². The average molecular weight is 401 g/mol. The molecule has 10 heteroatoms. The van der Waals surface area contributed by atoms with E-state index in [1.807, 2.05) is 0 Å². The first kappa shape index (κ1) is 20.4. The number of nitrogens with zero attached hydrogens (tertiary/aromatic N) is 1. The van der Waals surface area contributed by atoms with Gasteiger partial charge in [-0.05, 0) is 11.6 Å². The molecule has 2 aromatic carbocycles. The van der Waals surface area contributed by atoms with Crippen molar-refractivity contribution in [2.24, 2.45) is 0 Å². The normalized spacial score (nSPS) is 11.1. The number of nitro groups is 1. The van der Waals surface area contributed by atoms with Crippen molar-refractivity contribution in [2.75, 3.05) is 11.9 Å². The number of hydrogen-bond donors (Lipinski definition) is 1. The van der Waals surface area contributed by atoms with Crippen LogP contribution in [0, 0.1) is 10.1 Å². The highest BCUT2D eigenvalue weighted by Gasteiger charge is 2.38. The molecule has 1 amide bonds. The summed E-state index contributed by atoms with van der Waals surface area (Å²) >= 11 is 5.98. The number of halogens is 4. The minimum absolute atomic E-state index is 0.0224. The van der Waals surface area contributed by atoms with Crippen LogP contribution in [0.25, 0.3) is 11.1 Å². The minimum Gasteiger partial charge on any atom is -0.326 e. The second kappa shape index (κ2) is 7.75. The molecule has 27 heavy (non-hydrogen) atoms. The van der Waals surface area contributed by atoms with E-state index in [1.165, 1.54) is 30.3 Å². The number of rotatable bonds is 5. The number of carbonyl (C=O) groups excluding carboxylic acids is 2. The summed E-state index contributed by atoms with van der Waals surface area (Å²) in [6.07, 6.45) is -4.88. The Balaban J connectivity index is 2.70. The first-order valence-corrected chi connectivity index (χ1v) is 7.82. The quantitative estimate of drug-likeness (QED) is 0.456. The van der Waals surface area contributed by atoms with E-state index in [9.17, 15) is 32.9 Å². The molecule has 0 spiro atoms. The number of amides is 1. The largest absolute Gasteiger partial charge is 0.419 e. The third-order valence-electron chi connectivity index (χ3n) is 3.53. The average Bonchev–Trinajstić information content (AvgIpc) is 2.52. The maximum absolute atomic E-state index is 13.5. The summed E-state index contributed by atoms with van der Waals surface area (Å²) in [5.74, 6) is -1.59. The Labute approximate surface area is 156 Å². The van der Waals surface area contributed by atoms with E-state index in [2.05, 4.69) is 5.32 Å². The molecule has 0 saturated heterocycles. The lowest BCUT2D eigenvalue weighted by Gasteiger charge is -2.18. The van der Waals surface area contributed by atoms with E-state index < -0.39 is 45.6 Å². The molecule has 0 unspecified atom stereocenters. The van der Waals surface area contributed by atoms with Gasteiger partial charge < -0.3 is 5.32 Å². The number of ketones is 1. The van der Waals surface area contributed by atoms with Crippen molar-refractivity contribution in [3.63, 3.8) is 0 Å². The van der Waals surface area contributed by atoms with Crippen LogP contribution in [0.15, 0.2) is 36.4 Å². The van der Waals surface area contributed by atoms with Gasteiger partial charge in [0.1, 0.15) is 0 Å². The first-order valence-electron chi connectivity index (χ1n) is 7.44. The zero-order valence-corrected chi connectivity index (χ0v) is 14.5. The lowest BCUT2D eigenvalue weighted by molar-refractivity contribution is -0.465. The summed E-state index contributed by atoms with van der Waals surface area (Å²) in [5.41, 5.74) is -2.04. The molecule has 6 nitrogen and oxygen atoms in total. The molecule has 0 atom stereocenters. The number of Topliss-reactive ketones (excluding diaryl/α,β-unsaturated/α-hetero) is 1. The van der Waals surface area contributed by atoms with Crippen molar-refractivity contribution in [1.82, 2.24) is 0 Å². The zero-order chi connectivity index (χ0) is 20.4. The lowest BCUT2D eigenvalue weighted by atomic mass is 9.94. The van der Waals surface area contributed by atoms with Crippen molar-refractivity contribution in [3.05, 3.63) is 62.7 Å². The van der Waals surface area contributed by atoms with Gasteiger partial charge in [0.25, 0.3) is 6.54 Å². The van der Waals surface area contributed by atoms with Gasteiger partial charge in [-0.1, -0.05) is 41.9 Å². The summed E-state index contributed by atoms with van der Waals surface area (Å²) in [6, 6.07) is 7.73. The highest BCUT2D eigenvalue weighted by molar-refractivity contribution is 6.35. The molecule has 0 bridgehead atoms. The molecule has 0 heterocycles. The molecule has 0 radical (unpaired) electrons. The van der Waals surface area contributed by atoms with Crippen molar-refractivity contribution in [2.45, 2.75) is 13.1 Å². The standard InChI is InChI=1S/C17H12ClF3N2O4/c1-9(24)22-13-7-6-12(16(18)15(13)17(19,20)21)10-4-2-3-5-11(10)14(25)8-23(26)27/h2-7H,8H2,1H3,(H,22,24). The molecule has 0 aromatic heterocycles. The third-order valence-corrected chi connectivity index (χ3v) is 3.92. The van der Waals surface area contributed by atoms with Crippen LogP contribution in [0.1, 0.15) is 22.8 Å². The smallest absolute Gasteiger partial charge is 0.326 e. The molecule has 0 saturated carbocycles. The Morgan fingerprint density at radius 1 is 1.15 bits per heavy atom. The molecule has 1 N–H and O–H groups in total. The lowest BCUT2D eigenvalue weighted by Crippen LogP contribution is -2.16. The number of benzene rings is 2. The van der Waals surface area contributed by atoms with Crippen LogP contribution in [0.4, 0.5) is 18.9 Å². The van der Waals surface area contributed by atoms with Crippen LogP contribution in [-0.2, 0) is 11.0 Å². The summed E-state index contributed by atoms with van der Waals surface area (Å²) < 4.78 is 40.5. The Hall–Kier alpha value is -2.94. The highest BCUT2D eigenvalue weighted by atomic mass is 35.5. The number of hydrogen-bond acceptors (Lipinski definition) is 4. The Morgan fingerprint density at radius 3 is 2.33 bits per heavy atom. The van der Waals surface area contributed by atoms with Crippen molar-refractivity contribution in [1.29, 1.82) is 0 Å². The van der Waals surface area contributed by atoms with E-state index in [1.54, 1.807) is 0 Å². The van der Waals surface area contributed by atoms with E-state index in [4.69, 9.17) is 11.6 Å². The SMILES string of the molecule is CC(=O)Nc1ccc(-c2ccccc2C(=O)C[N+](=O)[O-])c(Cl)c1C(F)(F)F. The molecule has 0 fully saturated rings. The van der Waals surface area contributed by atoms with Crippen LogP contribution in [-0.4, -0.2) is 23.2 Å². The first-order chi connectivity index (χ1) is 12.5. The van der Waals surface area contributed by atoms with Gasteiger partial charge in [0, 0.05) is 23.0 Å². The number of nitrogens with one attached hydrogen (secondary N) is 1. The van der Waals surface area contributed by atoms with Crippen LogP contribution in [0.5, 0.6) is 0 Å². The van der Waals surface area contributed by atoms with Crippen LogP contribution in [0.3, 0.4) is 0 Å². The van der Waals surface area contributed by atoms with Gasteiger partial charge in [0.2, 0.25) is 11.7 Å². The van der Waals surface area contributed by atoms with E-state index >= 15 is 0 Å². The fourth-order valence-corrected chi connectivity index (χ4v) is 2.89. The minimum atomic E-state index is -4.88. The molecule has 2 rings (SSSR count). The zero-order valence-electron chi connectivity index (χ0n) is 13.8. The molecular weight excluding hydrogens is 389 g/mol. The van der Waals surface area contributed by atoms with Gasteiger partial charge in [0.05, 0.1) is 16.3 Å². The van der Waals surface area contributed by atoms with Crippen LogP contribution >= 0.6 is 11.6 Å². The number of alkyl halides is 3. The van der Waals surface area contributed by atoms with Crippen molar-refractivity contribution in [3.8, 4) is 11.1 Å². The predicted molar refractivity (Wildman–Crippen MR) is 92.4 cm³/mol. The molecule has 0 aliphatic carbocycles. The summed E-state index contributed by atoms with van der Waals surface area (Å²) in [6.45, 7) is 0.0400. The fourth-order valence-electron chi connectivity index (χ4n) is 2.52. The van der Waals surface area contributed by atoms with Crippen molar-refractivity contribution < 1.29 is 27.7 Å². The highest BCUT2D eigenvalue weighted by Crippen LogP contribution is 2.44. The molecular formula is C17H12ClF3N2O4. The maximum Gasteiger partial charge on any atom is 0.419 e. The van der Waals surface area contributed by atoms with Crippen molar-refractivity contribution >= 4 is 29.0 Å². The molecule has 142 valence electrons.